The number of hydrogen-bond acceptors (Lipinski definition) is 6. The normalized spacial score (nSPS) is 21.0. The van der Waals surface area contributed by atoms with E-state index < -0.39 is 8.80 Å². The molecule has 6 nitrogen and oxygen atoms in total. The summed E-state index contributed by atoms with van der Waals surface area (Å²) in [7, 11) is -2.84. The maximum Gasteiger partial charge on any atom is 0.534 e. The van der Waals surface area contributed by atoms with Crippen molar-refractivity contribution in [2.45, 2.75) is 39.5 Å². The Morgan fingerprint density at radius 1 is 1.11 bits per heavy atom. The molecule has 0 saturated carbocycles. The minimum absolute atomic E-state index is 0.166. The van der Waals surface area contributed by atoms with E-state index in [4.69, 9.17) is 27.8 Å². The van der Waals surface area contributed by atoms with Crippen LogP contribution in [0.25, 0.3) is 0 Å². The first-order valence-electron chi connectivity index (χ1n) is 6.50. The van der Waals surface area contributed by atoms with E-state index in [-0.39, 0.29) is 11.8 Å². The van der Waals surface area contributed by atoms with Crippen molar-refractivity contribution < 1.29 is 27.8 Å². The molecule has 7 heteroatoms. The maximum atomic E-state index is 5.70. The van der Waals surface area contributed by atoms with Crippen LogP contribution in [0.4, 0.5) is 0 Å². The Balaban J connectivity index is 2.46. The van der Waals surface area contributed by atoms with Crippen LogP contribution in [-0.2, 0) is 27.8 Å². The van der Waals surface area contributed by atoms with E-state index in [0.29, 0.717) is 26.4 Å². The molecule has 1 saturated heterocycles. The predicted octanol–water partition coefficient (Wildman–Crippen LogP) is 1.31. The second-order valence-electron chi connectivity index (χ2n) is 3.88. The van der Waals surface area contributed by atoms with Gasteiger partial charge in [-0.15, -0.1) is 0 Å². The van der Waals surface area contributed by atoms with Crippen molar-refractivity contribution in [2.24, 2.45) is 0 Å². The van der Waals surface area contributed by atoms with Gasteiger partial charge in [-0.25, -0.2) is 9.78 Å². The molecule has 1 rings (SSSR count). The average molecular weight is 280 g/mol. The molecule has 2 unspecified atom stereocenters. The standard InChI is InChI=1S/C11H24O6Si/c1-5-14-18(15-6-2,16-7-3)10(4)17-13-9-11-8-12-11/h10-11H,5-9H2,1-4H3. The molecule has 1 fully saturated rings. The van der Waals surface area contributed by atoms with Gasteiger partial charge in [-0.3, -0.25) is 0 Å². The molecule has 108 valence electrons. The molecule has 0 aromatic rings. The van der Waals surface area contributed by atoms with Gasteiger partial charge in [0.25, 0.3) is 0 Å². The molecular formula is C11H24O6Si. The van der Waals surface area contributed by atoms with Gasteiger partial charge in [-0.2, -0.15) is 0 Å². The quantitative estimate of drug-likeness (QED) is 0.246. The van der Waals surface area contributed by atoms with E-state index in [1.54, 1.807) is 0 Å². The number of rotatable bonds is 11. The summed E-state index contributed by atoms with van der Waals surface area (Å²) in [6.45, 7) is 10.3. The zero-order valence-corrected chi connectivity index (χ0v) is 12.6. The van der Waals surface area contributed by atoms with Crippen LogP contribution >= 0.6 is 0 Å². The largest absolute Gasteiger partial charge is 0.534 e. The van der Waals surface area contributed by atoms with Gasteiger partial charge in [0.1, 0.15) is 12.7 Å². The van der Waals surface area contributed by atoms with Crippen LogP contribution in [0.1, 0.15) is 27.7 Å². The first-order valence-corrected chi connectivity index (χ1v) is 8.30. The van der Waals surface area contributed by atoms with E-state index in [1.807, 2.05) is 27.7 Å². The lowest BCUT2D eigenvalue weighted by Crippen LogP contribution is -2.56. The Morgan fingerprint density at radius 2 is 1.61 bits per heavy atom. The van der Waals surface area contributed by atoms with Crippen LogP contribution in [0.3, 0.4) is 0 Å². The Kier molecular flexibility index (Phi) is 7.31. The van der Waals surface area contributed by atoms with Gasteiger partial charge in [0, 0.05) is 19.8 Å². The van der Waals surface area contributed by atoms with Crippen LogP contribution in [0.5, 0.6) is 0 Å². The van der Waals surface area contributed by atoms with Gasteiger partial charge >= 0.3 is 8.80 Å². The third-order valence-corrected chi connectivity index (χ3v) is 5.57. The Bertz CT molecular complexity index is 207. The Morgan fingerprint density at radius 3 is 2.00 bits per heavy atom. The highest BCUT2D eigenvalue weighted by Gasteiger charge is 2.49. The van der Waals surface area contributed by atoms with Crippen molar-refractivity contribution in [1.29, 1.82) is 0 Å². The second kappa shape index (κ2) is 8.21. The SMILES string of the molecule is CCO[Si](OCC)(OCC)C(C)OOCC1CO1. The molecule has 0 aromatic carbocycles. The van der Waals surface area contributed by atoms with Crippen molar-refractivity contribution in [2.75, 3.05) is 33.0 Å². The molecule has 0 spiro atoms. The molecule has 0 bridgehead atoms. The summed E-state index contributed by atoms with van der Waals surface area (Å²) in [5, 5.41) is 0. The van der Waals surface area contributed by atoms with Crippen molar-refractivity contribution in [3.63, 3.8) is 0 Å². The van der Waals surface area contributed by atoms with Crippen LogP contribution in [0, 0.1) is 0 Å². The summed E-state index contributed by atoms with van der Waals surface area (Å²) >= 11 is 0. The van der Waals surface area contributed by atoms with Crippen LogP contribution in [-0.4, -0.2) is 53.7 Å². The molecule has 1 heterocycles. The smallest absolute Gasteiger partial charge is 0.372 e. The fourth-order valence-corrected chi connectivity index (χ4v) is 3.87. The van der Waals surface area contributed by atoms with E-state index in [2.05, 4.69) is 0 Å². The lowest BCUT2D eigenvalue weighted by molar-refractivity contribution is -0.315. The monoisotopic (exact) mass is 280 g/mol. The van der Waals surface area contributed by atoms with Gasteiger partial charge in [0.05, 0.1) is 6.61 Å². The van der Waals surface area contributed by atoms with Crippen LogP contribution in [0.2, 0.25) is 0 Å². The molecule has 0 N–H and O–H groups in total. The number of epoxide rings is 1. The van der Waals surface area contributed by atoms with Gasteiger partial charge in [0.2, 0.25) is 0 Å². The summed E-state index contributed by atoms with van der Waals surface area (Å²) in [4.78, 5) is 10.5. The fraction of sp³-hybridized carbons (Fsp3) is 1.00. The summed E-state index contributed by atoms with van der Waals surface area (Å²) in [5.41, 5.74) is -0.365. The summed E-state index contributed by atoms with van der Waals surface area (Å²) < 4.78 is 22.1. The molecule has 1 aliphatic heterocycles. The predicted molar refractivity (Wildman–Crippen MR) is 66.9 cm³/mol. The zero-order chi connectivity index (χ0) is 13.4. The molecule has 18 heavy (non-hydrogen) atoms. The van der Waals surface area contributed by atoms with E-state index in [9.17, 15) is 0 Å². The summed E-state index contributed by atoms with van der Waals surface area (Å²) in [5.74, 6) is 0. The lowest BCUT2D eigenvalue weighted by atomic mass is 10.5. The Hall–Kier alpha value is -0.0231. The fourth-order valence-electron chi connectivity index (χ4n) is 1.52. The lowest BCUT2D eigenvalue weighted by Gasteiger charge is -2.32. The molecule has 0 amide bonds. The van der Waals surface area contributed by atoms with Gasteiger partial charge < -0.3 is 18.0 Å². The highest BCUT2D eigenvalue weighted by Crippen LogP contribution is 2.19. The number of ether oxygens (including phenoxy) is 1. The topological polar surface area (TPSA) is 58.7 Å². The number of hydrogen-bond donors (Lipinski definition) is 0. The van der Waals surface area contributed by atoms with Crippen molar-refractivity contribution >= 4 is 8.80 Å². The average Bonchev–Trinajstić information content (AvgIpc) is 3.14. The van der Waals surface area contributed by atoms with Crippen LogP contribution < -0.4 is 0 Å². The Labute approximate surface area is 110 Å². The highest BCUT2D eigenvalue weighted by atomic mass is 28.4. The molecule has 0 aromatic heterocycles. The molecule has 0 radical (unpaired) electrons. The van der Waals surface area contributed by atoms with Crippen molar-refractivity contribution in [3.8, 4) is 0 Å². The second-order valence-corrected chi connectivity index (χ2v) is 6.77. The van der Waals surface area contributed by atoms with Crippen LogP contribution in [0.15, 0.2) is 0 Å². The third kappa shape index (κ3) is 4.92. The first kappa shape index (κ1) is 16.0. The molecule has 1 aliphatic rings. The zero-order valence-electron chi connectivity index (χ0n) is 11.6. The summed E-state index contributed by atoms with van der Waals surface area (Å²) in [6.07, 6.45) is 0.166. The van der Waals surface area contributed by atoms with Gasteiger partial charge in [-0.1, -0.05) is 0 Å². The third-order valence-electron chi connectivity index (χ3n) is 2.40. The van der Waals surface area contributed by atoms with Gasteiger partial charge in [0.15, 0.2) is 5.73 Å². The molecule has 2 atom stereocenters. The summed E-state index contributed by atoms with van der Waals surface area (Å²) in [6, 6.07) is 0. The van der Waals surface area contributed by atoms with E-state index in [1.165, 1.54) is 0 Å². The minimum Gasteiger partial charge on any atom is -0.372 e. The highest BCUT2D eigenvalue weighted by molar-refractivity contribution is 6.62. The van der Waals surface area contributed by atoms with Gasteiger partial charge in [-0.05, 0) is 27.7 Å². The minimum atomic E-state index is -2.84. The van der Waals surface area contributed by atoms with Crippen molar-refractivity contribution in [1.82, 2.24) is 0 Å². The van der Waals surface area contributed by atoms with E-state index >= 15 is 0 Å². The molecule has 0 aliphatic carbocycles. The van der Waals surface area contributed by atoms with E-state index in [0.717, 1.165) is 6.61 Å². The first-order chi connectivity index (χ1) is 8.68. The molecular weight excluding hydrogens is 256 g/mol. The van der Waals surface area contributed by atoms with Crippen molar-refractivity contribution in [3.05, 3.63) is 0 Å². The maximum absolute atomic E-state index is 5.70.